The molecule has 2 aromatic carbocycles. The third-order valence-electron chi connectivity index (χ3n) is 2.99. The second-order valence-electron chi connectivity index (χ2n) is 4.58. The minimum absolute atomic E-state index is 0.252. The standard InChI is InChI=1S/C16H18FNO/c1-12-7-8-15(17)14(11-12)16(18)9-10-19-13-5-3-2-4-6-13/h2-8,11,16H,9-10,18H2,1H3. The first kappa shape index (κ1) is 13.6. The van der Waals surface area contributed by atoms with Crippen LogP contribution in [0, 0.1) is 12.7 Å². The van der Waals surface area contributed by atoms with Crippen LogP contribution in [0.2, 0.25) is 0 Å². The largest absolute Gasteiger partial charge is 0.494 e. The topological polar surface area (TPSA) is 35.2 Å². The highest BCUT2D eigenvalue weighted by molar-refractivity contribution is 5.26. The summed E-state index contributed by atoms with van der Waals surface area (Å²) < 4.78 is 19.2. The average molecular weight is 259 g/mol. The molecule has 2 N–H and O–H groups in total. The summed E-state index contributed by atoms with van der Waals surface area (Å²) in [6, 6.07) is 14.2. The molecule has 0 aliphatic carbocycles. The van der Waals surface area contributed by atoms with Crippen LogP contribution >= 0.6 is 0 Å². The number of hydrogen-bond donors (Lipinski definition) is 1. The van der Waals surface area contributed by atoms with Crippen LogP contribution in [0.1, 0.15) is 23.6 Å². The first-order valence-electron chi connectivity index (χ1n) is 6.36. The predicted molar refractivity (Wildman–Crippen MR) is 74.6 cm³/mol. The van der Waals surface area contributed by atoms with E-state index in [0.717, 1.165) is 11.3 Å². The highest BCUT2D eigenvalue weighted by atomic mass is 19.1. The number of nitrogens with two attached hydrogens (primary N) is 1. The maximum Gasteiger partial charge on any atom is 0.127 e. The van der Waals surface area contributed by atoms with Gasteiger partial charge < -0.3 is 10.5 Å². The summed E-state index contributed by atoms with van der Waals surface area (Å²) in [5.41, 5.74) is 7.57. The molecule has 3 heteroatoms. The van der Waals surface area contributed by atoms with E-state index in [1.807, 2.05) is 37.3 Å². The highest BCUT2D eigenvalue weighted by Gasteiger charge is 2.11. The van der Waals surface area contributed by atoms with Gasteiger partial charge in [0.2, 0.25) is 0 Å². The van der Waals surface area contributed by atoms with Gasteiger partial charge in [0.05, 0.1) is 6.61 Å². The number of halogens is 1. The number of hydrogen-bond acceptors (Lipinski definition) is 2. The molecule has 0 spiro atoms. The van der Waals surface area contributed by atoms with Crippen molar-refractivity contribution in [2.75, 3.05) is 6.61 Å². The molecule has 1 atom stereocenters. The molecule has 0 aliphatic rings. The number of rotatable bonds is 5. The van der Waals surface area contributed by atoms with Gasteiger partial charge in [-0.2, -0.15) is 0 Å². The molecule has 2 aromatic rings. The van der Waals surface area contributed by atoms with Crippen molar-refractivity contribution in [1.29, 1.82) is 0 Å². The normalized spacial score (nSPS) is 12.2. The Labute approximate surface area is 113 Å². The Morgan fingerprint density at radius 2 is 1.89 bits per heavy atom. The quantitative estimate of drug-likeness (QED) is 0.890. The van der Waals surface area contributed by atoms with Gasteiger partial charge in [-0.15, -0.1) is 0 Å². The minimum Gasteiger partial charge on any atom is -0.494 e. The zero-order valence-electron chi connectivity index (χ0n) is 11.0. The van der Waals surface area contributed by atoms with Gasteiger partial charge in [-0.3, -0.25) is 0 Å². The van der Waals surface area contributed by atoms with E-state index in [2.05, 4.69) is 0 Å². The van der Waals surface area contributed by atoms with Crippen molar-refractivity contribution >= 4 is 0 Å². The van der Waals surface area contributed by atoms with Crippen LogP contribution in [0.4, 0.5) is 4.39 Å². The second-order valence-corrected chi connectivity index (χ2v) is 4.58. The van der Waals surface area contributed by atoms with Crippen LogP contribution in [0.15, 0.2) is 48.5 Å². The molecule has 0 radical (unpaired) electrons. The Morgan fingerprint density at radius 3 is 2.63 bits per heavy atom. The summed E-state index contributed by atoms with van der Waals surface area (Å²) in [6.07, 6.45) is 0.579. The second kappa shape index (κ2) is 6.34. The Balaban J connectivity index is 1.91. The van der Waals surface area contributed by atoms with Gasteiger partial charge >= 0.3 is 0 Å². The zero-order chi connectivity index (χ0) is 13.7. The summed E-state index contributed by atoms with van der Waals surface area (Å²) in [4.78, 5) is 0. The maximum absolute atomic E-state index is 13.6. The van der Waals surface area contributed by atoms with Crippen molar-refractivity contribution in [1.82, 2.24) is 0 Å². The number of para-hydroxylation sites is 1. The summed E-state index contributed by atoms with van der Waals surface area (Å²) in [5, 5.41) is 0. The lowest BCUT2D eigenvalue weighted by Gasteiger charge is -2.14. The molecule has 2 nitrogen and oxygen atoms in total. The Bertz CT molecular complexity index is 528. The fourth-order valence-corrected chi connectivity index (χ4v) is 1.92. The molecule has 0 saturated carbocycles. The predicted octanol–water partition coefficient (Wildman–Crippen LogP) is 3.60. The molecular formula is C16H18FNO. The van der Waals surface area contributed by atoms with Gasteiger partial charge in [-0.25, -0.2) is 4.39 Å². The third kappa shape index (κ3) is 3.80. The van der Waals surface area contributed by atoms with E-state index in [-0.39, 0.29) is 11.9 Å². The number of aryl methyl sites for hydroxylation is 1. The molecule has 0 heterocycles. The van der Waals surface area contributed by atoms with E-state index in [1.54, 1.807) is 12.1 Å². The first-order valence-corrected chi connectivity index (χ1v) is 6.36. The first-order chi connectivity index (χ1) is 9.16. The Kier molecular flexibility index (Phi) is 4.53. The van der Waals surface area contributed by atoms with E-state index >= 15 is 0 Å². The third-order valence-corrected chi connectivity index (χ3v) is 2.99. The van der Waals surface area contributed by atoms with Crippen molar-refractivity contribution in [3.63, 3.8) is 0 Å². The molecular weight excluding hydrogens is 241 g/mol. The van der Waals surface area contributed by atoms with Crippen LogP contribution in [-0.2, 0) is 0 Å². The van der Waals surface area contributed by atoms with Crippen molar-refractivity contribution in [3.05, 3.63) is 65.5 Å². The fraction of sp³-hybridized carbons (Fsp3) is 0.250. The molecule has 100 valence electrons. The van der Waals surface area contributed by atoms with Gasteiger partial charge in [0.1, 0.15) is 11.6 Å². The van der Waals surface area contributed by atoms with Crippen molar-refractivity contribution in [2.45, 2.75) is 19.4 Å². The Morgan fingerprint density at radius 1 is 1.16 bits per heavy atom. The number of ether oxygens (including phenoxy) is 1. The van der Waals surface area contributed by atoms with E-state index in [1.165, 1.54) is 6.07 Å². The smallest absolute Gasteiger partial charge is 0.127 e. The zero-order valence-corrected chi connectivity index (χ0v) is 11.0. The molecule has 0 saturated heterocycles. The molecule has 0 aromatic heterocycles. The van der Waals surface area contributed by atoms with Crippen LogP contribution in [0.5, 0.6) is 5.75 Å². The molecule has 2 rings (SSSR count). The van der Waals surface area contributed by atoms with Crippen LogP contribution in [0.3, 0.4) is 0 Å². The van der Waals surface area contributed by atoms with E-state index < -0.39 is 0 Å². The molecule has 0 fully saturated rings. The molecule has 0 bridgehead atoms. The molecule has 0 amide bonds. The lowest BCUT2D eigenvalue weighted by molar-refractivity contribution is 0.297. The summed E-state index contributed by atoms with van der Waals surface area (Å²) in [6.45, 7) is 2.40. The van der Waals surface area contributed by atoms with Gasteiger partial charge in [0, 0.05) is 18.0 Å². The highest BCUT2D eigenvalue weighted by Crippen LogP contribution is 2.20. The monoisotopic (exact) mass is 259 g/mol. The van der Waals surface area contributed by atoms with Crippen molar-refractivity contribution < 1.29 is 9.13 Å². The van der Waals surface area contributed by atoms with Crippen molar-refractivity contribution in [2.24, 2.45) is 5.73 Å². The van der Waals surface area contributed by atoms with Crippen LogP contribution in [0.25, 0.3) is 0 Å². The van der Waals surface area contributed by atoms with Crippen molar-refractivity contribution in [3.8, 4) is 5.75 Å². The minimum atomic E-state index is -0.344. The lowest BCUT2D eigenvalue weighted by Crippen LogP contribution is -2.15. The maximum atomic E-state index is 13.6. The van der Waals surface area contributed by atoms with E-state index in [0.29, 0.717) is 18.6 Å². The van der Waals surface area contributed by atoms with Gasteiger partial charge in [-0.05, 0) is 25.1 Å². The van der Waals surface area contributed by atoms with E-state index in [4.69, 9.17) is 10.5 Å². The van der Waals surface area contributed by atoms with Gasteiger partial charge in [-0.1, -0.05) is 35.9 Å². The fourth-order valence-electron chi connectivity index (χ4n) is 1.92. The molecule has 1 unspecified atom stereocenters. The van der Waals surface area contributed by atoms with E-state index in [9.17, 15) is 4.39 Å². The van der Waals surface area contributed by atoms with Gasteiger partial charge in [0.25, 0.3) is 0 Å². The van der Waals surface area contributed by atoms with Crippen LogP contribution < -0.4 is 10.5 Å². The van der Waals surface area contributed by atoms with Crippen LogP contribution in [-0.4, -0.2) is 6.61 Å². The molecule has 0 aliphatic heterocycles. The van der Waals surface area contributed by atoms with Gasteiger partial charge in [0.15, 0.2) is 0 Å². The number of benzene rings is 2. The Hall–Kier alpha value is -1.87. The summed E-state index contributed by atoms with van der Waals surface area (Å²) >= 11 is 0. The SMILES string of the molecule is Cc1ccc(F)c(C(N)CCOc2ccccc2)c1. The summed E-state index contributed by atoms with van der Waals surface area (Å²) in [5.74, 6) is 0.553. The molecule has 19 heavy (non-hydrogen) atoms. The lowest BCUT2D eigenvalue weighted by atomic mass is 10.0. The summed E-state index contributed by atoms with van der Waals surface area (Å²) in [7, 11) is 0. The average Bonchev–Trinajstić information content (AvgIpc) is 2.42.